The van der Waals surface area contributed by atoms with Gasteiger partial charge in [0.2, 0.25) is 0 Å². The fourth-order valence-electron chi connectivity index (χ4n) is 3.88. The highest BCUT2D eigenvalue weighted by Gasteiger charge is 2.25. The molecule has 0 N–H and O–H groups in total. The average Bonchev–Trinajstić information content (AvgIpc) is 3.49. The Morgan fingerprint density at radius 3 is 2.84 bits per heavy atom. The van der Waals surface area contributed by atoms with E-state index in [1.165, 1.54) is 4.88 Å². The molecule has 0 bridgehead atoms. The monoisotopic (exact) mass is 451 g/mol. The Balaban J connectivity index is 1.40. The van der Waals surface area contributed by atoms with Crippen molar-refractivity contribution >= 4 is 28.6 Å². The molecular weight excluding hydrogens is 430 g/mol. The van der Waals surface area contributed by atoms with Gasteiger partial charge in [0.15, 0.2) is 5.82 Å². The molecule has 0 fully saturated rings. The van der Waals surface area contributed by atoms with E-state index in [-0.39, 0.29) is 0 Å². The second-order valence-electron chi connectivity index (χ2n) is 7.54. The van der Waals surface area contributed by atoms with Crippen LogP contribution in [0.15, 0.2) is 48.0 Å². The SMILES string of the molecule is Cc1nnc2n1-c1sc(CCCCCn3cncn3)cc1C(c1ccccc1Cl)=NC2. The summed E-state index contributed by atoms with van der Waals surface area (Å²) in [6, 6.07) is 10.2. The van der Waals surface area contributed by atoms with Gasteiger partial charge in [-0.05, 0) is 38.3 Å². The number of aromatic nitrogens is 6. The lowest BCUT2D eigenvalue weighted by atomic mass is 10.0. The molecule has 0 saturated heterocycles. The van der Waals surface area contributed by atoms with Crippen LogP contribution in [0.4, 0.5) is 0 Å². The quantitative estimate of drug-likeness (QED) is 0.383. The number of rotatable bonds is 7. The summed E-state index contributed by atoms with van der Waals surface area (Å²) in [5.41, 5.74) is 3.00. The van der Waals surface area contributed by atoms with Crippen molar-refractivity contribution in [2.45, 2.75) is 45.7 Å². The molecular formula is C22H22ClN7S. The molecule has 7 nitrogen and oxygen atoms in total. The van der Waals surface area contributed by atoms with Gasteiger partial charge in [0, 0.05) is 27.6 Å². The zero-order valence-electron chi connectivity index (χ0n) is 17.2. The van der Waals surface area contributed by atoms with Gasteiger partial charge in [-0.3, -0.25) is 14.2 Å². The van der Waals surface area contributed by atoms with Crippen molar-refractivity contribution in [2.24, 2.45) is 4.99 Å². The topological polar surface area (TPSA) is 73.8 Å². The van der Waals surface area contributed by atoms with Gasteiger partial charge in [-0.15, -0.1) is 21.5 Å². The van der Waals surface area contributed by atoms with E-state index >= 15 is 0 Å². The third kappa shape index (κ3) is 4.05. The first-order valence-electron chi connectivity index (χ1n) is 10.4. The van der Waals surface area contributed by atoms with Crippen LogP contribution in [0.25, 0.3) is 5.00 Å². The number of halogens is 1. The third-order valence-corrected chi connectivity index (χ3v) is 6.91. The Labute approximate surface area is 189 Å². The Morgan fingerprint density at radius 1 is 1.10 bits per heavy atom. The summed E-state index contributed by atoms with van der Waals surface area (Å²) >= 11 is 8.34. The molecule has 4 heterocycles. The van der Waals surface area contributed by atoms with Crippen LogP contribution in [0.1, 0.15) is 46.9 Å². The summed E-state index contributed by atoms with van der Waals surface area (Å²) in [5, 5.41) is 14.6. The lowest BCUT2D eigenvalue weighted by Gasteiger charge is -2.08. The van der Waals surface area contributed by atoms with Gasteiger partial charge in [0.1, 0.15) is 30.0 Å². The molecule has 31 heavy (non-hydrogen) atoms. The number of hydrogen-bond acceptors (Lipinski definition) is 6. The number of thiophene rings is 1. The van der Waals surface area contributed by atoms with E-state index in [1.807, 2.05) is 35.9 Å². The van der Waals surface area contributed by atoms with E-state index in [0.717, 1.165) is 65.7 Å². The van der Waals surface area contributed by atoms with Gasteiger partial charge in [-0.2, -0.15) is 5.10 Å². The maximum atomic E-state index is 6.54. The van der Waals surface area contributed by atoms with Crippen molar-refractivity contribution in [3.8, 4) is 5.00 Å². The highest BCUT2D eigenvalue weighted by Crippen LogP contribution is 2.35. The Morgan fingerprint density at radius 2 is 2.00 bits per heavy atom. The van der Waals surface area contributed by atoms with Crippen LogP contribution < -0.4 is 0 Å². The largest absolute Gasteiger partial charge is 0.276 e. The molecule has 0 atom stereocenters. The summed E-state index contributed by atoms with van der Waals surface area (Å²) in [6.07, 6.45) is 7.74. The minimum atomic E-state index is 0.487. The molecule has 0 amide bonds. The molecule has 5 rings (SSSR count). The number of hydrogen-bond donors (Lipinski definition) is 0. The molecule has 0 saturated carbocycles. The van der Waals surface area contributed by atoms with Gasteiger partial charge < -0.3 is 0 Å². The van der Waals surface area contributed by atoms with Crippen LogP contribution in [0.3, 0.4) is 0 Å². The molecule has 158 valence electrons. The second-order valence-corrected chi connectivity index (χ2v) is 9.07. The second kappa shape index (κ2) is 8.72. The lowest BCUT2D eigenvalue weighted by molar-refractivity contribution is 0.544. The van der Waals surface area contributed by atoms with Crippen LogP contribution in [-0.4, -0.2) is 35.2 Å². The first-order chi connectivity index (χ1) is 15.2. The molecule has 4 aromatic rings. The van der Waals surface area contributed by atoms with Gasteiger partial charge in [0.05, 0.1) is 5.71 Å². The van der Waals surface area contributed by atoms with Crippen LogP contribution in [0, 0.1) is 6.92 Å². The molecule has 0 radical (unpaired) electrons. The lowest BCUT2D eigenvalue weighted by Crippen LogP contribution is -2.05. The summed E-state index contributed by atoms with van der Waals surface area (Å²) in [5.74, 6) is 1.75. The van der Waals surface area contributed by atoms with Gasteiger partial charge in [0.25, 0.3) is 0 Å². The highest BCUT2D eigenvalue weighted by atomic mass is 35.5. The normalized spacial score (nSPS) is 12.9. The van der Waals surface area contributed by atoms with Crippen molar-refractivity contribution in [3.05, 3.63) is 75.7 Å². The Hall–Kier alpha value is -2.84. The van der Waals surface area contributed by atoms with Gasteiger partial charge in [-0.1, -0.05) is 36.2 Å². The van der Waals surface area contributed by atoms with Crippen molar-refractivity contribution in [3.63, 3.8) is 0 Å². The Bertz CT molecular complexity index is 1220. The van der Waals surface area contributed by atoms with E-state index < -0.39 is 0 Å². The fraction of sp³-hybridized carbons (Fsp3) is 0.318. The smallest absolute Gasteiger partial charge is 0.160 e. The van der Waals surface area contributed by atoms with Crippen LogP contribution >= 0.6 is 22.9 Å². The number of unbranched alkanes of at least 4 members (excludes halogenated alkanes) is 2. The highest BCUT2D eigenvalue weighted by molar-refractivity contribution is 7.15. The van der Waals surface area contributed by atoms with E-state index in [9.17, 15) is 0 Å². The van der Waals surface area contributed by atoms with Crippen molar-refractivity contribution < 1.29 is 0 Å². The molecule has 1 aromatic carbocycles. The third-order valence-electron chi connectivity index (χ3n) is 5.40. The molecule has 1 aliphatic rings. The van der Waals surface area contributed by atoms with Crippen molar-refractivity contribution in [2.75, 3.05) is 0 Å². The molecule has 9 heteroatoms. The average molecular weight is 452 g/mol. The number of nitrogens with zero attached hydrogens (tertiary/aromatic N) is 7. The fourth-order valence-corrected chi connectivity index (χ4v) is 5.37. The molecule has 0 unspecified atom stereocenters. The molecule has 0 aliphatic carbocycles. The Kier molecular flexibility index (Phi) is 5.65. The number of aryl methyl sites for hydroxylation is 3. The van der Waals surface area contributed by atoms with E-state index in [4.69, 9.17) is 16.6 Å². The minimum absolute atomic E-state index is 0.487. The first kappa shape index (κ1) is 20.1. The predicted molar refractivity (Wildman–Crippen MR) is 122 cm³/mol. The van der Waals surface area contributed by atoms with Gasteiger partial charge in [-0.25, -0.2) is 4.98 Å². The van der Waals surface area contributed by atoms with E-state index in [1.54, 1.807) is 24.0 Å². The van der Waals surface area contributed by atoms with Crippen molar-refractivity contribution in [1.29, 1.82) is 0 Å². The predicted octanol–water partition coefficient (Wildman–Crippen LogP) is 4.65. The van der Waals surface area contributed by atoms with E-state index in [2.05, 4.69) is 30.9 Å². The summed E-state index contributed by atoms with van der Waals surface area (Å²) < 4.78 is 4.03. The van der Waals surface area contributed by atoms with Gasteiger partial charge >= 0.3 is 0 Å². The zero-order valence-corrected chi connectivity index (χ0v) is 18.8. The number of benzene rings is 1. The summed E-state index contributed by atoms with van der Waals surface area (Å²) in [7, 11) is 0. The standard InChI is InChI=1S/C22H22ClN7S/c1-15-27-28-20-12-25-21(17-8-4-5-9-19(17)23)18-11-16(31-22(18)30(15)20)7-3-2-6-10-29-14-24-13-26-29/h4-5,8-9,11,13-14H,2-3,6-7,10,12H2,1H3. The van der Waals surface area contributed by atoms with Crippen molar-refractivity contribution in [1.82, 2.24) is 29.5 Å². The first-order valence-corrected chi connectivity index (χ1v) is 11.6. The summed E-state index contributed by atoms with van der Waals surface area (Å²) in [6.45, 7) is 3.39. The molecule has 1 aliphatic heterocycles. The van der Waals surface area contributed by atoms with Crippen LogP contribution in [0.5, 0.6) is 0 Å². The summed E-state index contributed by atoms with van der Waals surface area (Å²) in [4.78, 5) is 10.2. The maximum absolute atomic E-state index is 6.54. The minimum Gasteiger partial charge on any atom is -0.276 e. The van der Waals surface area contributed by atoms with Crippen LogP contribution in [-0.2, 0) is 19.5 Å². The maximum Gasteiger partial charge on any atom is 0.160 e. The van der Waals surface area contributed by atoms with E-state index in [0.29, 0.717) is 11.6 Å². The zero-order chi connectivity index (χ0) is 21.2. The van der Waals surface area contributed by atoms with Crippen LogP contribution in [0.2, 0.25) is 5.02 Å². The molecule has 0 spiro atoms. The number of fused-ring (bicyclic) bond motifs is 3. The molecule has 3 aromatic heterocycles. The number of aliphatic imine (C=N–C) groups is 1.